The predicted molar refractivity (Wildman–Crippen MR) is 124 cm³/mol. The highest BCUT2D eigenvalue weighted by atomic mass is 79.9. The van der Waals surface area contributed by atoms with Crippen molar-refractivity contribution in [2.45, 2.75) is 10.9 Å². The number of Topliss-reactive ketones (excluding diaryl/α,β-unsaturated/α-hetero) is 1. The zero-order chi connectivity index (χ0) is 24.0. The van der Waals surface area contributed by atoms with Gasteiger partial charge in [0.15, 0.2) is 17.6 Å². The van der Waals surface area contributed by atoms with E-state index in [2.05, 4.69) is 15.9 Å². The van der Waals surface area contributed by atoms with Gasteiger partial charge < -0.3 is 14.2 Å². The van der Waals surface area contributed by atoms with E-state index in [1.165, 1.54) is 44.6 Å². The van der Waals surface area contributed by atoms with Crippen molar-refractivity contribution in [3.63, 3.8) is 0 Å². The number of nitrogens with zero attached hydrogens (tertiary/aromatic N) is 1. The maximum atomic E-state index is 13.3. The lowest BCUT2D eigenvalue weighted by molar-refractivity contribution is -0.384. The molecule has 0 saturated carbocycles. The summed E-state index contributed by atoms with van der Waals surface area (Å²) >= 11 is 3.42. The summed E-state index contributed by atoms with van der Waals surface area (Å²) in [5.74, 6) is -0.467. The van der Waals surface area contributed by atoms with Crippen LogP contribution in [0, 0.1) is 10.1 Å². The molecule has 170 valence electrons. The topological polar surface area (TPSA) is 105 Å². The number of benzene rings is 3. The monoisotopic (exact) mass is 513 g/mol. The van der Waals surface area contributed by atoms with Crippen molar-refractivity contribution >= 4 is 33.4 Å². The van der Waals surface area contributed by atoms with Gasteiger partial charge in [-0.2, -0.15) is 0 Å². The van der Waals surface area contributed by atoms with Crippen LogP contribution < -0.4 is 9.47 Å². The molecule has 0 N–H and O–H groups in total. The quantitative estimate of drug-likeness (QED) is 0.128. The number of alkyl halides is 1. The zero-order valence-corrected chi connectivity index (χ0v) is 19.4. The SMILES string of the molecule is COc1ccc(C(=O)O[C@@H](C(=O)c2ccccc2)[C@@H](Br)c2cccc([N+](=O)[O-])c2)cc1OC. The minimum Gasteiger partial charge on any atom is -0.493 e. The molecule has 0 heterocycles. The lowest BCUT2D eigenvalue weighted by Gasteiger charge is -2.22. The van der Waals surface area contributed by atoms with Crippen LogP contribution in [0.2, 0.25) is 0 Å². The second-order valence-electron chi connectivity index (χ2n) is 6.88. The maximum absolute atomic E-state index is 13.3. The van der Waals surface area contributed by atoms with Crippen LogP contribution in [0.3, 0.4) is 0 Å². The van der Waals surface area contributed by atoms with E-state index in [0.717, 1.165) is 0 Å². The van der Waals surface area contributed by atoms with Gasteiger partial charge in [-0.1, -0.05) is 58.4 Å². The van der Waals surface area contributed by atoms with Crippen molar-refractivity contribution in [2.75, 3.05) is 14.2 Å². The largest absolute Gasteiger partial charge is 0.493 e. The average Bonchev–Trinajstić information content (AvgIpc) is 2.86. The average molecular weight is 514 g/mol. The first-order valence-electron chi connectivity index (χ1n) is 9.76. The Bertz CT molecular complexity index is 1170. The van der Waals surface area contributed by atoms with Crippen LogP contribution in [0.15, 0.2) is 72.8 Å². The smallest absolute Gasteiger partial charge is 0.339 e. The molecule has 0 spiro atoms. The van der Waals surface area contributed by atoms with Crippen LogP contribution in [0.25, 0.3) is 0 Å². The van der Waals surface area contributed by atoms with Gasteiger partial charge in [0.1, 0.15) is 0 Å². The van der Waals surface area contributed by atoms with Crippen molar-refractivity contribution in [3.8, 4) is 11.5 Å². The Balaban J connectivity index is 1.97. The van der Waals surface area contributed by atoms with E-state index < -0.39 is 27.6 Å². The predicted octanol–water partition coefficient (Wildman–Crippen LogP) is 5.16. The zero-order valence-electron chi connectivity index (χ0n) is 17.8. The molecule has 0 aliphatic rings. The number of hydrogen-bond donors (Lipinski definition) is 0. The molecule has 0 aliphatic carbocycles. The Morgan fingerprint density at radius 1 is 0.879 bits per heavy atom. The molecule has 0 aromatic heterocycles. The maximum Gasteiger partial charge on any atom is 0.339 e. The van der Waals surface area contributed by atoms with Crippen molar-refractivity contribution in [2.24, 2.45) is 0 Å². The van der Waals surface area contributed by atoms with Gasteiger partial charge in [-0.25, -0.2) is 4.79 Å². The molecular formula is C24H20BrNO7. The van der Waals surface area contributed by atoms with Crippen LogP contribution in [-0.4, -0.2) is 37.0 Å². The summed E-state index contributed by atoms with van der Waals surface area (Å²) in [7, 11) is 2.91. The number of ether oxygens (including phenoxy) is 3. The fraction of sp³-hybridized carbons (Fsp3) is 0.167. The lowest BCUT2D eigenvalue weighted by Crippen LogP contribution is -2.31. The van der Waals surface area contributed by atoms with E-state index in [0.29, 0.717) is 22.6 Å². The molecule has 8 nitrogen and oxygen atoms in total. The highest BCUT2D eigenvalue weighted by molar-refractivity contribution is 9.09. The van der Waals surface area contributed by atoms with Crippen molar-refractivity contribution in [1.82, 2.24) is 0 Å². The molecule has 3 rings (SSSR count). The van der Waals surface area contributed by atoms with E-state index in [9.17, 15) is 19.7 Å². The van der Waals surface area contributed by atoms with Gasteiger partial charge in [0.05, 0.1) is 29.5 Å². The number of carbonyl (C=O) groups is 2. The normalized spacial score (nSPS) is 12.3. The molecule has 0 saturated heterocycles. The summed E-state index contributed by atoms with van der Waals surface area (Å²) in [5, 5.41) is 11.2. The standard InChI is InChI=1S/C24H20BrNO7/c1-31-19-12-11-17(14-20(19)32-2)24(28)33-23(22(27)15-7-4-3-5-8-15)21(25)16-9-6-10-18(13-16)26(29)30/h3-14,21,23H,1-2H3/t21-,23+/m0/s1. The third-order valence-electron chi connectivity index (χ3n) is 4.84. The van der Waals surface area contributed by atoms with Gasteiger partial charge in [0.2, 0.25) is 5.78 Å². The molecule has 2 atom stereocenters. The fourth-order valence-corrected chi connectivity index (χ4v) is 3.78. The van der Waals surface area contributed by atoms with E-state index in [-0.39, 0.29) is 11.3 Å². The molecule has 0 radical (unpaired) electrons. The van der Waals surface area contributed by atoms with Crippen LogP contribution in [0.5, 0.6) is 11.5 Å². The number of methoxy groups -OCH3 is 2. The molecule has 0 aliphatic heterocycles. The first kappa shape index (κ1) is 23.9. The number of rotatable bonds is 9. The number of non-ortho nitro benzene ring substituents is 1. The van der Waals surface area contributed by atoms with Crippen LogP contribution in [0.4, 0.5) is 5.69 Å². The molecule has 0 bridgehead atoms. The second kappa shape index (κ2) is 10.7. The van der Waals surface area contributed by atoms with E-state index >= 15 is 0 Å². The summed E-state index contributed by atoms with van der Waals surface area (Å²) in [5.41, 5.74) is 0.752. The number of halogens is 1. The number of carbonyl (C=O) groups excluding carboxylic acids is 2. The minimum absolute atomic E-state index is 0.144. The van der Waals surface area contributed by atoms with Crippen LogP contribution in [0.1, 0.15) is 31.1 Å². The highest BCUT2D eigenvalue weighted by Crippen LogP contribution is 2.34. The number of ketones is 1. The molecule has 0 fully saturated rings. The fourth-order valence-electron chi connectivity index (χ4n) is 3.14. The van der Waals surface area contributed by atoms with Gasteiger partial charge in [-0.3, -0.25) is 14.9 Å². The van der Waals surface area contributed by atoms with Gasteiger partial charge in [0.25, 0.3) is 5.69 Å². The molecule has 9 heteroatoms. The number of esters is 1. The van der Waals surface area contributed by atoms with Gasteiger partial charge in [-0.15, -0.1) is 0 Å². The summed E-state index contributed by atoms with van der Waals surface area (Å²) in [4.78, 5) is 36.1. The van der Waals surface area contributed by atoms with Gasteiger partial charge in [-0.05, 0) is 23.8 Å². The van der Waals surface area contributed by atoms with Gasteiger partial charge in [0, 0.05) is 17.7 Å². The summed E-state index contributed by atoms with van der Waals surface area (Å²) < 4.78 is 16.1. The van der Waals surface area contributed by atoms with E-state index in [1.54, 1.807) is 42.5 Å². The van der Waals surface area contributed by atoms with Crippen molar-refractivity contribution in [1.29, 1.82) is 0 Å². The van der Waals surface area contributed by atoms with E-state index in [1.807, 2.05) is 0 Å². The molecule has 0 unspecified atom stereocenters. The van der Waals surface area contributed by atoms with Crippen LogP contribution >= 0.6 is 15.9 Å². The first-order chi connectivity index (χ1) is 15.8. The Hall–Kier alpha value is -3.72. The molecular weight excluding hydrogens is 494 g/mol. The molecule has 3 aromatic carbocycles. The van der Waals surface area contributed by atoms with Crippen molar-refractivity contribution < 1.29 is 28.7 Å². The number of nitro benzene ring substituents is 1. The third kappa shape index (κ3) is 5.56. The van der Waals surface area contributed by atoms with Crippen molar-refractivity contribution in [3.05, 3.63) is 99.6 Å². The highest BCUT2D eigenvalue weighted by Gasteiger charge is 2.33. The van der Waals surface area contributed by atoms with E-state index in [4.69, 9.17) is 14.2 Å². The first-order valence-corrected chi connectivity index (χ1v) is 10.7. The Kier molecular flexibility index (Phi) is 7.78. The molecule has 33 heavy (non-hydrogen) atoms. The molecule has 0 amide bonds. The summed E-state index contributed by atoms with van der Waals surface area (Å²) in [6.45, 7) is 0. The third-order valence-corrected chi connectivity index (χ3v) is 5.84. The van der Waals surface area contributed by atoms with Gasteiger partial charge >= 0.3 is 5.97 Å². The second-order valence-corrected chi connectivity index (χ2v) is 7.87. The number of nitro groups is 1. The van der Waals surface area contributed by atoms with Crippen LogP contribution in [-0.2, 0) is 4.74 Å². The Labute approximate surface area is 198 Å². The minimum atomic E-state index is -1.30. The Morgan fingerprint density at radius 3 is 2.21 bits per heavy atom. The lowest BCUT2D eigenvalue weighted by atomic mass is 9.99. The molecule has 3 aromatic rings. The summed E-state index contributed by atoms with van der Waals surface area (Å²) in [6.07, 6.45) is -1.30. The Morgan fingerprint density at radius 2 is 1.58 bits per heavy atom. The summed E-state index contributed by atoms with van der Waals surface area (Å²) in [6, 6.07) is 18.6. The number of hydrogen-bond acceptors (Lipinski definition) is 7.